The lowest BCUT2D eigenvalue weighted by Gasteiger charge is -2.27. The molecule has 39 heavy (non-hydrogen) atoms. The molecule has 204 valence electrons. The van der Waals surface area contributed by atoms with E-state index in [0.29, 0.717) is 60.5 Å². The number of hydrogen-bond donors (Lipinski definition) is 1. The van der Waals surface area contributed by atoms with Crippen LogP contribution in [-0.4, -0.2) is 73.6 Å². The van der Waals surface area contributed by atoms with Crippen molar-refractivity contribution in [3.63, 3.8) is 0 Å². The average Bonchev–Trinajstić information content (AvgIpc) is 3.49. The monoisotopic (exact) mass is 571 g/mol. The summed E-state index contributed by atoms with van der Waals surface area (Å²) in [6, 6.07) is 9.60. The van der Waals surface area contributed by atoms with Gasteiger partial charge in [-0.2, -0.15) is 20.1 Å². The Bertz CT molecular complexity index is 1360. The fourth-order valence-corrected chi connectivity index (χ4v) is 4.68. The van der Waals surface area contributed by atoms with Crippen molar-refractivity contribution in [3.8, 4) is 11.5 Å². The molecule has 2 saturated heterocycles. The van der Waals surface area contributed by atoms with Gasteiger partial charge in [0.1, 0.15) is 0 Å². The highest BCUT2D eigenvalue weighted by atomic mass is 35.5. The summed E-state index contributed by atoms with van der Waals surface area (Å²) >= 11 is 12.0. The summed E-state index contributed by atoms with van der Waals surface area (Å²) in [6.45, 7) is 4.52. The molecule has 3 heterocycles. The average molecular weight is 572 g/mol. The summed E-state index contributed by atoms with van der Waals surface area (Å²) in [5.41, 5.74) is 3.82. The lowest BCUT2D eigenvalue weighted by molar-refractivity contribution is 0.0730. The quantitative estimate of drug-likeness (QED) is 0.182. The number of hydrazone groups is 1. The van der Waals surface area contributed by atoms with E-state index >= 15 is 0 Å². The number of ether oxygens (including phenoxy) is 3. The second-order valence-corrected chi connectivity index (χ2v) is 9.69. The molecular weight excluding hydrogens is 545 g/mol. The molecule has 3 aromatic rings. The topological polar surface area (TPSA) is 114 Å². The van der Waals surface area contributed by atoms with Crippen LogP contribution in [0.4, 0.5) is 17.8 Å². The highest BCUT2D eigenvalue weighted by Gasteiger charge is 2.21. The van der Waals surface area contributed by atoms with Crippen LogP contribution in [0, 0.1) is 0 Å². The summed E-state index contributed by atoms with van der Waals surface area (Å²) in [5.74, 6) is 1.54. The van der Waals surface area contributed by atoms with Crippen LogP contribution in [0.15, 0.2) is 41.5 Å². The van der Waals surface area contributed by atoms with Gasteiger partial charge in [-0.05, 0) is 54.8 Å². The maximum atomic E-state index is 12.6. The molecule has 2 aliphatic rings. The van der Waals surface area contributed by atoms with Gasteiger partial charge in [-0.1, -0.05) is 23.2 Å². The Balaban J connectivity index is 1.30. The molecule has 0 unspecified atom stereocenters. The number of benzene rings is 2. The summed E-state index contributed by atoms with van der Waals surface area (Å²) in [7, 11) is 1.49. The predicted molar refractivity (Wildman–Crippen MR) is 150 cm³/mol. The Hall–Kier alpha value is -3.67. The Morgan fingerprint density at radius 1 is 0.974 bits per heavy atom. The van der Waals surface area contributed by atoms with Crippen LogP contribution in [0.1, 0.15) is 28.8 Å². The van der Waals surface area contributed by atoms with Crippen molar-refractivity contribution in [2.75, 3.05) is 61.7 Å². The van der Waals surface area contributed by atoms with E-state index in [2.05, 4.69) is 30.3 Å². The largest absolute Gasteiger partial charge is 0.493 e. The number of carbonyl (C=O) groups is 1. The Kier molecular flexibility index (Phi) is 8.60. The van der Waals surface area contributed by atoms with Gasteiger partial charge in [0, 0.05) is 31.2 Å². The molecule has 0 amide bonds. The van der Waals surface area contributed by atoms with E-state index in [1.165, 1.54) is 19.2 Å². The Labute approximate surface area is 235 Å². The van der Waals surface area contributed by atoms with Gasteiger partial charge in [0.25, 0.3) is 0 Å². The molecule has 1 N–H and O–H groups in total. The molecular formula is C26H27Cl2N7O4. The third kappa shape index (κ3) is 6.67. The SMILES string of the molecule is COc1cc(/C=N/Nc2nc(N3CCCC3)nc(N3CCOCC3)n2)ccc1OC(=O)c1ccc(Cl)cc1Cl. The summed E-state index contributed by atoms with van der Waals surface area (Å²) in [5, 5.41) is 4.94. The summed E-state index contributed by atoms with van der Waals surface area (Å²) in [6.07, 6.45) is 3.82. The van der Waals surface area contributed by atoms with Gasteiger partial charge in [-0.15, -0.1) is 0 Å². The first-order chi connectivity index (χ1) is 19.0. The minimum Gasteiger partial charge on any atom is -0.493 e. The molecule has 11 nitrogen and oxygen atoms in total. The third-order valence-corrected chi connectivity index (χ3v) is 6.76. The van der Waals surface area contributed by atoms with Crippen LogP contribution >= 0.6 is 23.2 Å². The highest BCUT2D eigenvalue weighted by Crippen LogP contribution is 2.30. The molecule has 5 rings (SSSR count). The van der Waals surface area contributed by atoms with Crippen molar-refractivity contribution in [1.29, 1.82) is 0 Å². The number of anilines is 3. The van der Waals surface area contributed by atoms with Crippen molar-refractivity contribution >= 4 is 53.2 Å². The van der Waals surface area contributed by atoms with E-state index in [0.717, 1.165) is 25.9 Å². The third-order valence-electron chi connectivity index (χ3n) is 6.21. The van der Waals surface area contributed by atoms with Gasteiger partial charge >= 0.3 is 5.97 Å². The van der Waals surface area contributed by atoms with Crippen molar-refractivity contribution in [2.45, 2.75) is 12.8 Å². The van der Waals surface area contributed by atoms with Crippen LogP contribution in [0.25, 0.3) is 0 Å². The second-order valence-electron chi connectivity index (χ2n) is 8.85. The normalized spacial score (nSPS) is 15.6. The number of halogens is 2. The van der Waals surface area contributed by atoms with Crippen molar-refractivity contribution < 1.29 is 19.0 Å². The fourth-order valence-electron chi connectivity index (χ4n) is 4.19. The highest BCUT2D eigenvalue weighted by molar-refractivity contribution is 6.36. The minimum absolute atomic E-state index is 0.194. The zero-order valence-electron chi connectivity index (χ0n) is 21.3. The molecule has 13 heteroatoms. The van der Waals surface area contributed by atoms with Crippen molar-refractivity contribution in [1.82, 2.24) is 15.0 Å². The number of morpholine rings is 1. The smallest absolute Gasteiger partial charge is 0.345 e. The van der Waals surface area contributed by atoms with E-state index in [9.17, 15) is 4.79 Å². The van der Waals surface area contributed by atoms with E-state index in [1.54, 1.807) is 30.5 Å². The van der Waals surface area contributed by atoms with Gasteiger partial charge in [-0.25, -0.2) is 10.2 Å². The zero-order valence-corrected chi connectivity index (χ0v) is 22.8. The molecule has 0 saturated carbocycles. The Morgan fingerprint density at radius 2 is 1.69 bits per heavy atom. The fraction of sp³-hybridized carbons (Fsp3) is 0.346. The van der Waals surface area contributed by atoms with E-state index in [4.69, 9.17) is 42.4 Å². The maximum Gasteiger partial charge on any atom is 0.345 e. The number of esters is 1. The van der Waals surface area contributed by atoms with Crippen molar-refractivity contribution in [2.24, 2.45) is 5.10 Å². The number of hydrogen-bond acceptors (Lipinski definition) is 11. The second kappa shape index (κ2) is 12.5. The van der Waals surface area contributed by atoms with Gasteiger partial charge in [0.2, 0.25) is 17.8 Å². The lowest BCUT2D eigenvalue weighted by atomic mass is 10.2. The first-order valence-electron chi connectivity index (χ1n) is 12.5. The number of aromatic nitrogens is 3. The van der Waals surface area contributed by atoms with E-state index < -0.39 is 5.97 Å². The van der Waals surface area contributed by atoms with Gasteiger partial charge < -0.3 is 24.0 Å². The van der Waals surface area contributed by atoms with Crippen LogP contribution < -0.4 is 24.7 Å². The number of nitrogens with zero attached hydrogens (tertiary/aromatic N) is 6. The van der Waals surface area contributed by atoms with Crippen LogP contribution in [0.3, 0.4) is 0 Å². The number of carbonyl (C=O) groups excluding carboxylic acids is 1. The molecule has 0 spiro atoms. The van der Waals surface area contributed by atoms with Gasteiger partial charge in [-0.3, -0.25) is 0 Å². The molecule has 0 aliphatic carbocycles. The predicted octanol–water partition coefficient (Wildman–Crippen LogP) is 4.29. The molecule has 2 aliphatic heterocycles. The van der Waals surface area contributed by atoms with Gasteiger partial charge in [0.05, 0.1) is 37.1 Å². The first-order valence-corrected chi connectivity index (χ1v) is 13.2. The Morgan fingerprint density at radius 3 is 2.38 bits per heavy atom. The molecule has 1 aromatic heterocycles. The van der Waals surface area contributed by atoms with Crippen LogP contribution in [-0.2, 0) is 4.74 Å². The maximum absolute atomic E-state index is 12.6. The van der Waals surface area contributed by atoms with Crippen molar-refractivity contribution in [3.05, 3.63) is 57.6 Å². The molecule has 0 bridgehead atoms. The summed E-state index contributed by atoms with van der Waals surface area (Å²) < 4.78 is 16.4. The molecule has 0 atom stereocenters. The zero-order chi connectivity index (χ0) is 27.2. The molecule has 0 radical (unpaired) electrons. The standard InChI is InChI=1S/C26H27Cl2N7O4/c1-37-22-14-17(4-7-21(22)39-23(36)19-6-5-18(27)15-20(19)28)16-29-33-24-30-25(34-8-2-3-9-34)32-26(31-24)35-10-12-38-13-11-35/h4-7,14-16H,2-3,8-13H2,1H3,(H,30,31,32,33)/b29-16+. The van der Waals surface area contributed by atoms with Gasteiger partial charge in [0.15, 0.2) is 11.5 Å². The summed E-state index contributed by atoms with van der Waals surface area (Å²) in [4.78, 5) is 30.7. The molecule has 2 aromatic carbocycles. The number of nitrogens with one attached hydrogen (secondary N) is 1. The lowest BCUT2D eigenvalue weighted by Crippen LogP contribution is -2.38. The first kappa shape index (κ1) is 26.9. The minimum atomic E-state index is -0.627. The van der Waals surface area contributed by atoms with Crippen LogP contribution in [0.2, 0.25) is 10.0 Å². The number of rotatable bonds is 8. The van der Waals surface area contributed by atoms with E-state index in [1.807, 2.05) is 0 Å². The molecule has 2 fully saturated rings. The number of methoxy groups -OCH3 is 1. The van der Waals surface area contributed by atoms with Crippen LogP contribution in [0.5, 0.6) is 11.5 Å². The van der Waals surface area contributed by atoms with E-state index in [-0.39, 0.29) is 16.3 Å².